The molecule has 0 radical (unpaired) electrons. The summed E-state index contributed by atoms with van der Waals surface area (Å²) in [5.74, 6) is -0.00696. The highest BCUT2D eigenvalue weighted by atomic mass is 32.1. The van der Waals surface area contributed by atoms with Gasteiger partial charge in [-0.3, -0.25) is 14.2 Å². The van der Waals surface area contributed by atoms with E-state index in [1.54, 1.807) is 28.2 Å². The summed E-state index contributed by atoms with van der Waals surface area (Å²) in [7, 11) is 0. The van der Waals surface area contributed by atoms with Crippen molar-refractivity contribution in [3.8, 4) is 0 Å². The minimum absolute atomic E-state index is 0.00696. The molecule has 1 amide bonds. The fourth-order valence-corrected chi connectivity index (χ4v) is 3.72. The Kier molecular flexibility index (Phi) is 4.53. The highest BCUT2D eigenvalue weighted by molar-refractivity contribution is 7.09. The highest BCUT2D eigenvalue weighted by Crippen LogP contribution is 2.13. The average Bonchev–Trinajstić information content (AvgIpc) is 3.34. The minimum atomic E-state index is -0.0832. The molecule has 0 aromatic carbocycles. The Labute approximate surface area is 153 Å². The summed E-state index contributed by atoms with van der Waals surface area (Å²) >= 11 is 1.62. The topological polar surface area (TPSA) is 68.4 Å². The average molecular weight is 366 g/mol. The van der Waals surface area contributed by atoms with Crippen LogP contribution in [-0.2, 0) is 17.9 Å². The molecule has 0 unspecified atom stereocenters. The van der Waals surface area contributed by atoms with E-state index >= 15 is 0 Å². The Bertz CT molecular complexity index is 1110. The van der Waals surface area contributed by atoms with E-state index in [9.17, 15) is 9.59 Å². The smallest absolute Gasteiger partial charge is 0.276 e. The van der Waals surface area contributed by atoms with Gasteiger partial charge in [0, 0.05) is 30.2 Å². The number of nitrogens with one attached hydrogen (secondary N) is 1. The zero-order chi connectivity index (χ0) is 17.9. The lowest BCUT2D eigenvalue weighted by Crippen LogP contribution is -2.25. The standard InChI is InChI=1S/C19H18N4O2S/c24-17(21-13-14-5-4-12-26-14)8-3-11-23-18-15(6-1-9-20-18)22-10-2-7-16(22)19(23)25/h1-2,4-7,9-10,12H,3,8,11,13H2,(H,21,24). The SMILES string of the molecule is O=C(CCCn1c(=O)c2cccn2c2cccnc21)NCc1cccs1. The number of carbonyl (C=O) groups excluding carboxylic acids is 1. The van der Waals surface area contributed by atoms with Crippen LogP contribution in [0.3, 0.4) is 0 Å². The van der Waals surface area contributed by atoms with Gasteiger partial charge in [0.2, 0.25) is 5.91 Å². The van der Waals surface area contributed by atoms with E-state index in [1.807, 2.05) is 46.3 Å². The van der Waals surface area contributed by atoms with Crippen LogP contribution in [0.25, 0.3) is 16.7 Å². The second kappa shape index (κ2) is 7.13. The largest absolute Gasteiger partial charge is 0.351 e. The minimum Gasteiger partial charge on any atom is -0.351 e. The quantitative estimate of drug-likeness (QED) is 0.570. The van der Waals surface area contributed by atoms with Crippen LogP contribution in [0, 0.1) is 0 Å². The fraction of sp³-hybridized carbons (Fsp3) is 0.211. The van der Waals surface area contributed by atoms with E-state index in [0.717, 1.165) is 10.4 Å². The molecular weight excluding hydrogens is 348 g/mol. The van der Waals surface area contributed by atoms with Gasteiger partial charge in [0.1, 0.15) is 5.52 Å². The van der Waals surface area contributed by atoms with Crippen molar-refractivity contribution in [1.82, 2.24) is 19.3 Å². The van der Waals surface area contributed by atoms with E-state index in [0.29, 0.717) is 37.1 Å². The van der Waals surface area contributed by atoms with Gasteiger partial charge in [-0.05, 0) is 42.1 Å². The van der Waals surface area contributed by atoms with Gasteiger partial charge in [-0.2, -0.15) is 0 Å². The maximum Gasteiger partial charge on any atom is 0.276 e. The monoisotopic (exact) mass is 366 g/mol. The molecule has 4 aromatic heterocycles. The third-order valence-corrected chi connectivity index (χ3v) is 5.20. The predicted octanol–water partition coefficient (Wildman–Crippen LogP) is 2.81. The summed E-state index contributed by atoms with van der Waals surface area (Å²) in [5, 5.41) is 4.90. The number of hydrogen-bond acceptors (Lipinski definition) is 4. The number of aryl methyl sites for hydroxylation is 1. The first kappa shape index (κ1) is 16.5. The van der Waals surface area contributed by atoms with Gasteiger partial charge in [0.25, 0.3) is 5.56 Å². The number of amides is 1. The van der Waals surface area contributed by atoms with Crippen LogP contribution >= 0.6 is 11.3 Å². The summed E-state index contributed by atoms with van der Waals surface area (Å²) in [5.41, 5.74) is 2.06. The molecule has 0 aliphatic carbocycles. The summed E-state index contributed by atoms with van der Waals surface area (Å²) < 4.78 is 3.52. The summed E-state index contributed by atoms with van der Waals surface area (Å²) in [4.78, 5) is 30.3. The molecule has 26 heavy (non-hydrogen) atoms. The first-order chi connectivity index (χ1) is 12.7. The normalized spacial score (nSPS) is 11.2. The molecule has 7 heteroatoms. The Morgan fingerprint density at radius 2 is 2.04 bits per heavy atom. The third-order valence-electron chi connectivity index (χ3n) is 4.32. The molecule has 4 heterocycles. The van der Waals surface area contributed by atoms with Crippen molar-refractivity contribution in [1.29, 1.82) is 0 Å². The van der Waals surface area contributed by atoms with Gasteiger partial charge in [0.05, 0.1) is 12.1 Å². The second-order valence-corrected chi connectivity index (χ2v) is 7.06. The molecule has 0 spiro atoms. The number of nitrogens with zero attached hydrogens (tertiary/aromatic N) is 3. The summed E-state index contributed by atoms with van der Waals surface area (Å²) in [6, 6.07) is 11.4. The van der Waals surface area contributed by atoms with Gasteiger partial charge >= 0.3 is 0 Å². The van der Waals surface area contributed by atoms with Crippen molar-refractivity contribution in [2.75, 3.05) is 0 Å². The van der Waals surface area contributed by atoms with Gasteiger partial charge < -0.3 is 9.72 Å². The zero-order valence-corrected chi connectivity index (χ0v) is 14.9. The number of hydrogen-bond donors (Lipinski definition) is 1. The van der Waals surface area contributed by atoms with E-state index in [1.165, 1.54) is 0 Å². The van der Waals surface area contributed by atoms with E-state index in [2.05, 4.69) is 10.3 Å². The van der Waals surface area contributed by atoms with Crippen LogP contribution in [0.5, 0.6) is 0 Å². The molecule has 0 saturated heterocycles. The van der Waals surface area contributed by atoms with Crippen LogP contribution in [0.1, 0.15) is 17.7 Å². The number of fused-ring (bicyclic) bond motifs is 3. The molecule has 6 nitrogen and oxygen atoms in total. The van der Waals surface area contributed by atoms with Crippen molar-refractivity contribution < 1.29 is 4.79 Å². The summed E-state index contributed by atoms with van der Waals surface area (Å²) in [6.07, 6.45) is 4.50. The highest BCUT2D eigenvalue weighted by Gasteiger charge is 2.11. The lowest BCUT2D eigenvalue weighted by molar-refractivity contribution is -0.121. The Morgan fingerprint density at radius 3 is 2.88 bits per heavy atom. The van der Waals surface area contributed by atoms with Crippen LogP contribution in [-0.4, -0.2) is 19.9 Å². The number of carbonyl (C=O) groups is 1. The second-order valence-electron chi connectivity index (χ2n) is 6.03. The maximum atomic E-state index is 12.8. The Balaban J connectivity index is 1.49. The van der Waals surface area contributed by atoms with Gasteiger partial charge in [0.15, 0.2) is 5.65 Å². The lowest BCUT2D eigenvalue weighted by Gasteiger charge is -2.11. The summed E-state index contributed by atoms with van der Waals surface area (Å²) in [6.45, 7) is 1.01. The van der Waals surface area contributed by atoms with E-state index in [-0.39, 0.29) is 11.5 Å². The van der Waals surface area contributed by atoms with Gasteiger partial charge in [-0.25, -0.2) is 4.98 Å². The Hall–Kier alpha value is -2.93. The van der Waals surface area contributed by atoms with Crippen molar-refractivity contribution in [3.05, 3.63) is 69.4 Å². The van der Waals surface area contributed by atoms with Crippen LogP contribution < -0.4 is 10.9 Å². The number of rotatable bonds is 6. The van der Waals surface area contributed by atoms with E-state index < -0.39 is 0 Å². The van der Waals surface area contributed by atoms with Crippen molar-refractivity contribution in [3.63, 3.8) is 0 Å². The molecule has 1 N–H and O–H groups in total. The number of aromatic nitrogens is 3. The number of thiophene rings is 1. The molecule has 0 bridgehead atoms. The van der Waals surface area contributed by atoms with Crippen molar-refractivity contribution >= 4 is 33.9 Å². The third kappa shape index (κ3) is 3.13. The maximum absolute atomic E-state index is 12.8. The molecule has 0 aliphatic heterocycles. The predicted molar refractivity (Wildman–Crippen MR) is 102 cm³/mol. The van der Waals surface area contributed by atoms with Gasteiger partial charge in [-0.1, -0.05) is 6.07 Å². The zero-order valence-electron chi connectivity index (χ0n) is 14.1. The molecule has 4 rings (SSSR count). The molecule has 0 aliphatic rings. The molecule has 132 valence electrons. The van der Waals surface area contributed by atoms with Crippen molar-refractivity contribution in [2.45, 2.75) is 25.9 Å². The van der Waals surface area contributed by atoms with Crippen molar-refractivity contribution in [2.24, 2.45) is 0 Å². The molecular formula is C19H18N4O2S. The number of pyridine rings is 1. The van der Waals surface area contributed by atoms with Crippen LogP contribution in [0.2, 0.25) is 0 Å². The van der Waals surface area contributed by atoms with Crippen LogP contribution in [0.15, 0.2) is 59.0 Å². The lowest BCUT2D eigenvalue weighted by atomic mass is 10.2. The molecule has 0 saturated carbocycles. The first-order valence-corrected chi connectivity index (χ1v) is 9.36. The first-order valence-electron chi connectivity index (χ1n) is 8.48. The molecule has 0 fully saturated rings. The van der Waals surface area contributed by atoms with Gasteiger partial charge in [-0.15, -0.1) is 11.3 Å². The molecule has 0 atom stereocenters. The van der Waals surface area contributed by atoms with Crippen LogP contribution in [0.4, 0.5) is 0 Å². The molecule has 4 aromatic rings. The fourth-order valence-electron chi connectivity index (χ4n) is 3.08. The Morgan fingerprint density at radius 1 is 1.15 bits per heavy atom. The van der Waals surface area contributed by atoms with E-state index in [4.69, 9.17) is 0 Å².